The molecule has 0 aliphatic carbocycles. The molecule has 1 aliphatic heterocycles. The van der Waals surface area contributed by atoms with E-state index in [0.717, 1.165) is 44.1 Å². The highest BCUT2D eigenvalue weighted by atomic mass is 16.3. The van der Waals surface area contributed by atoms with Gasteiger partial charge in [0.15, 0.2) is 0 Å². The van der Waals surface area contributed by atoms with Gasteiger partial charge in [-0.15, -0.1) is 5.10 Å². The average Bonchev–Trinajstić information content (AvgIpc) is 2.88. The number of aromatic hydroxyl groups is 1. The molecule has 2 N–H and O–H groups in total. The largest absolute Gasteiger partial charge is 0.508 e. The Balaban J connectivity index is 1.81. The van der Waals surface area contributed by atoms with E-state index in [4.69, 9.17) is 0 Å². The van der Waals surface area contributed by atoms with Crippen molar-refractivity contribution in [2.75, 3.05) is 26.2 Å². The number of phenols is 1. The molecule has 0 saturated carbocycles. The molecule has 0 spiro atoms. The highest BCUT2D eigenvalue weighted by Gasteiger charge is 2.14. The molecule has 1 aromatic heterocycles. The van der Waals surface area contributed by atoms with E-state index in [1.165, 1.54) is 0 Å². The minimum atomic E-state index is 0.237. The number of hydrogen-bond donors (Lipinski definition) is 2. The minimum absolute atomic E-state index is 0.237. The third kappa shape index (κ3) is 2.74. The van der Waals surface area contributed by atoms with Crippen LogP contribution in [0.5, 0.6) is 5.75 Å². The van der Waals surface area contributed by atoms with Crippen molar-refractivity contribution in [1.82, 2.24) is 25.2 Å². The van der Waals surface area contributed by atoms with Crippen LogP contribution in [0.2, 0.25) is 0 Å². The van der Waals surface area contributed by atoms with Crippen molar-refractivity contribution in [2.45, 2.75) is 6.54 Å². The van der Waals surface area contributed by atoms with Gasteiger partial charge in [-0.2, -0.15) is 0 Å². The van der Waals surface area contributed by atoms with Gasteiger partial charge in [-0.3, -0.25) is 4.90 Å². The lowest BCUT2D eigenvalue weighted by atomic mass is 10.3. The summed E-state index contributed by atoms with van der Waals surface area (Å²) in [6.07, 6.45) is 1.78. The summed E-state index contributed by atoms with van der Waals surface area (Å²) in [5.41, 5.74) is 1.87. The van der Waals surface area contributed by atoms with Gasteiger partial charge in [0.05, 0.1) is 17.6 Å². The van der Waals surface area contributed by atoms with Gasteiger partial charge in [0.2, 0.25) is 0 Å². The fourth-order valence-electron chi connectivity index (χ4n) is 2.30. The lowest BCUT2D eigenvalue weighted by Gasteiger charge is -2.26. The van der Waals surface area contributed by atoms with Gasteiger partial charge < -0.3 is 10.4 Å². The van der Waals surface area contributed by atoms with Crippen molar-refractivity contribution in [3.05, 3.63) is 36.2 Å². The zero-order chi connectivity index (χ0) is 13.1. The van der Waals surface area contributed by atoms with Crippen LogP contribution >= 0.6 is 0 Å². The lowest BCUT2D eigenvalue weighted by molar-refractivity contribution is 0.229. The van der Waals surface area contributed by atoms with Gasteiger partial charge in [0.1, 0.15) is 5.75 Å². The molecule has 0 unspecified atom stereocenters. The van der Waals surface area contributed by atoms with Crippen molar-refractivity contribution in [1.29, 1.82) is 0 Å². The number of nitrogens with zero attached hydrogens (tertiary/aromatic N) is 4. The Bertz CT molecular complexity index is 547. The molecule has 0 radical (unpaired) electrons. The van der Waals surface area contributed by atoms with E-state index in [1.807, 2.05) is 6.07 Å². The number of benzene rings is 1. The SMILES string of the molecule is Oc1cccc(-n2nncc2CN2CCNCC2)c1. The predicted molar refractivity (Wildman–Crippen MR) is 71.2 cm³/mol. The fraction of sp³-hybridized carbons (Fsp3) is 0.385. The van der Waals surface area contributed by atoms with Crippen molar-refractivity contribution in [2.24, 2.45) is 0 Å². The monoisotopic (exact) mass is 259 g/mol. The molecular formula is C13H17N5O. The Morgan fingerprint density at radius 3 is 2.89 bits per heavy atom. The zero-order valence-corrected chi connectivity index (χ0v) is 10.7. The van der Waals surface area contributed by atoms with Crippen LogP contribution in [0.3, 0.4) is 0 Å². The summed E-state index contributed by atoms with van der Waals surface area (Å²) in [6.45, 7) is 4.93. The van der Waals surface area contributed by atoms with Crippen LogP contribution in [0.15, 0.2) is 30.5 Å². The maximum atomic E-state index is 9.54. The molecule has 1 saturated heterocycles. The summed E-state index contributed by atoms with van der Waals surface area (Å²) in [5, 5.41) is 21.0. The summed E-state index contributed by atoms with van der Waals surface area (Å²) in [4.78, 5) is 2.37. The van der Waals surface area contributed by atoms with Gasteiger partial charge in [-0.25, -0.2) is 4.68 Å². The molecule has 2 aromatic rings. The molecule has 0 atom stereocenters. The van der Waals surface area contributed by atoms with Crippen molar-refractivity contribution >= 4 is 0 Å². The third-order valence-electron chi connectivity index (χ3n) is 3.29. The maximum absolute atomic E-state index is 9.54. The molecule has 1 aliphatic rings. The van der Waals surface area contributed by atoms with E-state index in [0.29, 0.717) is 0 Å². The Kier molecular flexibility index (Phi) is 3.43. The minimum Gasteiger partial charge on any atom is -0.508 e. The third-order valence-corrected chi connectivity index (χ3v) is 3.29. The normalized spacial score (nSPS) is 16.6. The number of hydrogen-bond acceptors (Lipinski definition) is 5. The van der Waals surface area contributed by atoms with Crippen LogP contribution in [-0.2, 0) is 6.54 Å². The molecule has 19 heavy (non-hydrogen) atoms. The van der Waals surface area contributed by atoms with Crippen LogP contribution < -0.4 is 5.32 Å². The lowest BCUT2D eigenvalue weighted by Crippen LogP contribution is -2.43. The van der Waals surface area contributed by atoms with Crippen LogP contribution in [0, 0.1) is 0 Å². The topological polar surface area (TPSA) is 66.2 Å². The maximum Gasteiger partial charge on any atom is 0.117 e. The molecule has 0 bridgehead atoms. The van der Waals surface area contributed by atoms with Crippen LogP contribution in [-0.4, -0.2) is 51.2 Å². The first-order valence-corrected chi connectivity index (χ1v) is 6.45. The number of phenolic OH excluding ortho intramolecular Hbond substituents is 1. The summed E-state index contributed by atoms with van der Waals surface area (Å²) in [7, 11) is 0. The summed E-state index contributed by atoms with van der Waals surface area (Å²) in [6, 6.07) is 7.06. The summed E-state index contributed by atoms with van der Waals surface area (Å²) < 4.78 is 1.78. The van der Waals surface area contributed by atoms with Crippen molar-refractivity contribution in [3.63, 3.8) is 0 Å². The number of piperazine rings is 1. The van der Waals surface area contributed by atoms with Crippen LogP contribution in [0.25, 0.3) is 5.69 Å². The van der Waals surface area contributed by atoms with E-state index < -0.39 is 0 Å². The second-order valence-electron chi connectivity index (χ2n) is 4.68. The highest BCUT2D eigenvalue weighted by molar-refractivity contribution is 5.38. The van der Waals surface area contributed by atoms with Crippen LogP contribution in [0.1, 0.15) is 5.69 Å². The number of aromatic nitrogens is 3. The highest BCUT2D eigenvalue weighted by Crippen LogP contribution is 2.16. The molecule has 100 valence electrons. The van der Waals surface area contributed by atoms with Gasteiger partial charge >= 0.3 is 0 Å². The first-order chi connectivity index (χ1) is 9.33. The molecule has 6 heteroatoms. The van der Waals surface area contributed by atoms with Gasteiger partial charge in [0, 0.05) is 38.8 Å². The Labute approximate surface area is 111 Å². The summed E-state index contributed by atoms with van der Waals surface area (Å²) >= 11 is 0. The second-order valence-corrected chi connectivity index (χ2v) is 4.68. The smallest absolute Gasteiger partial charge is 0.117 e. The first-order valence-electron chi connectivity index (χ1n) is 6.45. The second kappa shape index (κ2) is 5.38. The van der Waals surface area contributed by atoms with Gasteiger partial charge in [-0.1, -0.05) is 11.3 Å². The van der Waals surface area contributed by atoms with Crippen LogP contribution in [0.4, 0.5) is 0 Å². The Hall–Kier alpha value is -1.92. The van der Waals surface area contributed by atoms with E-state index in [1.54, 1.807) is 29.1 Å². The Morgan fingerprint density at radius 2 is 2.11 bits per heavy atom. The fourth-order valence-corrected chi connectivity index (χ4v) is 2.30. The van der Waals surface area contributed by atoms with Gasteiger partial charge in [0.25, 0.3) is 0 Å². The van der Waals surface area contributed by atoms with E-state index in [-0.39, 0.29) is 5.75 Å². The predicted octanol–water partition coefficient (Wildman–Crippen LogP) is 0.378. The average molecular weight is 259 g/mol. The van der Waals surface area contributed by atoms with Gasteiger partial charge in [-0.05, 0) is 12.1 Å². The molecule has 0 amide bonds. The first kappa shape index (κ1) is 12.1. The Morgan fingerprint density at radius 1 is 1.26 bits per heavy atom. The quantitative estimate of drug-likeness (QED) is 0.834. The summed E-state index contributed by atoms with van der Waals surface area (Å²) in [5.74, 6) is 0.237. The van der Waals surface area contributed by atoms with E-state index >= 15 is 0 Å². The molecule has 3 rings (SSSR count). The molecule has 6 nitrogen and oxygen atoms in total. The molecule has 1 fully saturated rings. The van der Waals surface area contributed by atoms with E-state index in [2.05, 4.69) is 20.5 Å². The van der Waals surface area contributed by atoms with Crippen molar-refractivity contribution in [3.8, 4) is 11.4 Å². The molecular weight excluding hydrogens is 242 g/mol. The molecule has 1 aromatic carbocycles. The molecule has 2 heterocycles. The number of rotatable bonds is 3. The number of nitrogens with one attached hydrogen (secondary N) is 1. The standard InChI is InChI=1S/C13H17N5O/c19-13-3-1-2-11(8-13)18-12(9-15-16-18)10-17-6-4-14-5-7-17/h1-3,8-9,14,19H,4-7,10H2. The zero-order valence-electron chi connectivity index (χ0n) is 10.7. The van der Waals surface area contributed by atoms with E-state index in [9.17, 15) is 5.11 Å². The van der Waals surface area contributed by atoms with Crippen molar-refractivity contribution < 1.29 is 5.11 Å².